The molecule has 0 atom stereocenters. The highest BCUT2D eigenvalue weighted by atomic mass is 16.5. The Balaban J connectivity index is 2.41. The molecule has 0 N–H and O–H groups in total. The van der Waals surface area contributed by atoms with Gasteiger partial charge in [0, 0.05) is 6.54 Å². The molecule has 0 saturated carbocycles. The molecule has 0 spiro atoms. The van der Waals surface area contributed by atoms with Gasteiger partial charge in [-0.25, -0.2) is 14.3 Å². The molecule has 2 heterocycles. The number of ether oxygens (including phenoxy) is 1. The van der Waals surface area contributed by atoms with Gasteiger partial charge in [0.05, 0.1) is 30.7 Å². The van der Waals surface area contributed by atoms with E-state index in [1.165, 1.54) is 18.3 Å². The standard InChI is InChI=1S/C10H12N4O2/c1-3-13(10(15)16-2)9-4-8-5-11-7-12-14(8)6-9/h4-7H,3H2,1-2H3. The molecule has 0 aliphatic carbocycles. The number of carbonyl (C=O) groups is 1. The van der Waals surface area contributed by atoms with Crippen LogP contribution in [0.15, 0.2) is 24.8 Å². The summed E-state index contributed by atoms with van der Waals surface area (Å²) in [7, 11) is 1.36. The Bertz CT molecular complexity index is 475. The zero-order chi connectivity index (χ0) is 11.5. The number of aromatic nitrogens is 3. The first-order valence-electron chi connectivity index (χ1n) is 4.90. The molecule has 0 saturated heterocycles. The van der Waals surface area contributed by atoms with E-state index in [1.807, 2.05) is 13.0 Å². The van der Waals surface area contributed by atoms with Gasteiger partial charge < -0.3 is 4.74 Å². The van der Waals surface area contributed by atoms with Crippen LogP contribution >= 0.6 is 0 Å². The van der Waals surface area contributed by atoms with Crippen molar-refractivity contribution in [3.8, 4) is 0 Å². The quantitative estimate of drug-likeness (QED) is 0.765. The van der Waals surface area contributed by atoms with Crippen molar-refractivity contribution in [3.63, 3.8) is 0 Å². The lowest BCUT2D eigenvalue weighted by Gasteiger charge is -2.16. The molecular weight excluding hydrogens is 208 g/mol. The fraction of sp³-hybridized carbons (Fsp3) is 0.300. The van der Waals surface area contributed by atoms with Gasteiger partial charge in [-0.2, -0.15) is 5.10 Å². The zero-order valence-corrected chi connectivity index (χ0v) is 9.12. The normalized spacial score (nSPS) is 10.4. The number of carbonyl (C=O) groups excluding carboxylic acids is 1. The summed E-state index contributed by atoms with van der Waals surface area (Å²) in [4.78, 5) is 16.9. The minimum absolute atomic E-state index is 0.383. The molecule has 2 aromatic rings. The summed E-state index contributed by atoms with van der Waals surface area (Å²) < 4.78 is 6.36. The van der Waals surface area contributed by atoms with Crippen LogP contribution < -0.4 is 4.90 Å². The smallest absolute Gasteiger partial charge is 0.414 e. The Labute approximate surface area is 92.5 Å². The summed E-state index contributed by atoms with van der Waals surface area (Å²) in [6.07, 6.45) is 4.51. The van der Waals surface area contributed by atoms with Crippen LogP contribution in [0.4, 0.5) is 10.5 Å². The first kappa shape index (κ1) is 10.4. The van der Waals surface area contributed by atoms with Crippen molar-refractivity contribution in [1.82, 2.24) is 14.6 Å². The number of nitrogens with zero attached hydrogens (tertiary/aromatic N) is 4. The SMILES string of the molecule is CCN(C(=O)OC)c1cc2cncnn2c1. The zero-order valence-electron chi connectivity index (χ0n) is 9.12. The average Bonchev–Trinajstić information content (AvgIpc) is 2.72. The molecule has 6 heteroatoms. The van der Waals surface area contributed by atoms with E-state index in [4.69, 9.17) is 4.74 Å². The summed E-state index contributed by atoms with van der Waals surface area (Å²) >= 11 is 0. The fourth-order valence-corrected chi connectivity index (χ4v) is 1.52. The van der Waals surface area contributed by atoms with E-state index in [-0.39, 0.29) is 6.09 Å². The highest BCUT2D eigenvalue weighted by molar-refractivity contribution is 5.88. The molecular formula is C10H12N4O2. The first-order valence-corrected chi connectivity index (χ1v) is 4.90. The molecule has 84 valence electrons. The lowest BCUT2D eigenvalue weighted by Crippen LogP contribution is -2.29. The second-order valence-corrected chi connectivity index (χ2v) is 3.19. The van der Waals surface area contributed by atoms with Gasteiger partial charge in [0.25, 0.3) is 0 Å². The minimum Gasteiger partial charge on any atom is -0.452 e. The third-order valence-electron chi connectivity index (χ3n) is 2.29. The van der Waals surface area contributed by atoms with Crippen molar-refractivity contribution in [2.75, 3.05) is 18.6 Å². The molecule has 2 aromatic heterocycles. The van der Waals surface area contributed by atoms with Crippen LogP contribution in [-0.2, 0) is 4.74 Å². The van der Waals surface area contributed by atoms with E-state index in [0.717, 1.165) is 11.2 Å². The van der Waals surface area contributed by atoms with Gasteiger partial charge in [-0.15, -0.1) is 0 Å². The van der Waals surface area contributed by atoms with Gasteiger partial charge in [0.2, 0.25) is 0 Å². The van der Waals surface area contributed by atoms with Crippen molar-refractivity contribution < 1.29 is 9.53 Å². The Morgan fingerprint density at radius 3 is 3.06 bits per heavy atom. The summed E-state index contributed by atoms with van der Waals surface area (Å²) in [5.74, 6) is 0. The molecule has 0 unspecified atom stereocenters. The van der Waals surface area contributed by atoms with Crippen molar-refractivity contribution in [3.05, 3.63) is 24.8 Å². The molecule has 6 nitrogen and oxygen atoms in total. The van der Waals surface area contributed by atoms with Gasteiger partial charge in [-0.3, -0.25) is 4.90 Å². The number of anilines is 1. The van der Waals surface area contributed by atoms with Gasteiger partial charge in [0.15, 0.2) is 0 Å². The Morgan fingerprint density at radius 2 is 2.44 bits per heavy atom. The second kappa shape index (κ2) is 4.18. The predicted molar refractivity (Wildman–Crippen MR) is 58.4 cm³/mol. The predicted octanol–water partition coefficient (Wildman–Crippen LogP) is 1.32. The number of rotatable bonds is 2. The molecule has 0 aliphatic heterocycles. The van der Waals surface area contributed by atoms with Gasteiger partial charge in [-0.05, 0) is 13.0 Å². The van der Waals surface area contributed by atoms with Crippen molar-refractivity contribution >= 4 is 17.3 Å². The van der Waals surface area contributed by atoms with Crippen LogP contribution in [0, 0.1) is 0 Å². The average molecular weight is 220 g/mol. The van der Waals surface area contributed by atoms with Crippen LogP contribution in [0.2, 0.25) is 0 Å². The van der Waals surface area contributed by atoms with Crippen molar-refractivity contribution in [2.24, 2.45) is 0 Å². The third kappa shape index (κ3) is 1.69. The van der Waals surface area contributed by atoms with E-state index in [2.05, 4.69) is 10.1 Å². The Kier molecular flexibility index (Phi) is 2.72. The molecule has 0 fully saturated rings. The molecule has 1 amide bonds. The molecule has 16 heavy (non-hydrogen) atoms. The van der Waals surface area contributed by atoms with Crippen LogP contribution in [0.3, 0.4) is 0 Å². The maximum absolute atomic E-state index is 11.5. The lowest BCUT2D eigenvalue weighted by atomic mass is 10.4. The fourth-order valence-electron chi connectivity index (χ4n) is 1.52. The molecule has 0 radical (unpaired) electrons. The van der Waals surface area contributed by atoms with Crippen LogP contribution in [0.5, 0.6) is 0 Å². The Morgan fingerprint density at radius 1 is 1.62 bits per heavy atom. The first-order chi connectivity index (χ1) is 7.76. The Hall–Kier alpha value is -2.11. The molecule has 2 rings (SSSR count). The largest absolute Gasteiger partial charge is 0.452 e. The summed E-state index contributed by atoms with van der Waals surface area (Å²) in [5, 5.41) is 4.03. The maximum atomic E-state index is 11.5. The summed E-state index contributed by atoms with van der Waals surface area (Å²) in [6, 6.07) is 1.83. The van der Waals surface area contributed by atoms with E-state index in [1.54, 1.807) is 16.9 Å². The third-order valence-corrected chi connectivity index (χ3v) is 2.29. The molecule has 0 aliphatic rings. The maximum Gasteiger partial charge on any atom is 0.414 e. The summed E-state index contributed by atoms with van der Waals surface area (Å²) in [6.45, 7) is 2.42. The van der Waals surface area contributed by atoms with E-state index in [0.29, 0.717) is 6.54 Å². The second-order valence-electron chi connectivity index (χ2n) is 3.19. The van der Waals surface area contributed by atoms with Gasteiger partial charge in [0.1, 0.15) is 6.33 Å². The summed E-state index contributed by atoms with van der Waals surface area (Å²) in [5.41, 5.74) is 1.58. The topological polar surface area (TPSA) is 59.7 Å². The van der Waals surface area contributed by atoms with Crippen molar-refractivity contribution in [1.29, 1.82) is 0 Å². The van der Waals surface area contributed by atoms with Crippen molar-refractivity contribution in [2.45, 2.75) is 6.92 Å². The van der Waals surface area contributed by atoms with E-state index >= 15 is 0 Å². The number of methoxy groups -OCH3 is 1. The number of hydrogen-bond acceptors (Lipinski definition) is 4. The molecule has 0 bridgehead atoms. The van der Waals surface area contributed by atoms with Gasteiger partial charge in [-0.1, -0.05) is 0 Å². The van der Waals surface area contributed by atoms with E-state index in [9.17, 15) is 4.79 Å². The highest BCUT2D eigenvalue weighted by Gasteiger charge is 2.15. The van der Waals surface area contributed by atoms with Gasteiger partial charge >= 0.3 is 6.09 Å². The number of amides is 1. The lowest BCUT2D eigenvalue weighted by molar-refractivity contribution is 0.179. The van der Waals surface area contributed by atoms with E-state index < -0.39 is 0 Å². The minimum atomic E-state index is -0.383. The molecule has 0 aromatic carbocycles. The highest BCUT2D eigenvalue weighted by Crippen LogP contribution is 2.18. The monoisotopic (exact) mass is 220 g/mol. The number of fused-ring (bicyclic) bond motifs is 1. The van der Waals surface area contributed by atoms with Crippen LogP contribution in [0.1, 0.15) is 6.92 Å². The van der Waals surface area contributed by atoms with Crippen LogP contribution in [0.25, 0.3) is 5.52 Å². The number of hydrogen-bond donors (Lipinski definition) is 0. The van der Waals surface area contributed by atoms with Crippen LogP contribution in [-0.4, -0.2) is 34.3 Å².